The first-order valence-corrected chi connectivity index (χ1v) is 9.61. The van der Waals surface area contributed by atoms with Gasteiger partial charge in [0.1, 0.15) is 5.82 Å². The largest absolute Gasteiger partial charge is 0.338 e. The highest BCUT2D eigenvalue weighted by molar-refractivity contribution is 5.94. The zero-order chi connectivity index (χ0) is 18.6. The van der Waals surface area contributed by atoms with Crippen LogP contribution in [0.3, 0.4) is 0 Å². The van der Waals surface area contributed by atoms with Gasteiger partial charge in [0.2, 0.25) is 0 Å². The fourth-order valence-corrected chi connectivity index (χ4v) is 3.85. The van der Waals surface area contributed by atoms with Crippen molar-refractivity contribution in [1.82, 2.24) is 14.5 Å². The molecule has 1 aliphatic rings. The molecular weight excluding hydrogens is 334 g/mol. The predicted octanol–water partition coefficient (Wildman–Crippen LogP) is 4.26. The molecule has 1 aliphatic heterocycles. The van der Waals surface area contributed by atoms with Gasteiger partial charge in [0.05, 0.1) is 0 Å². The van der Waals surface area contributed by atoms with E-state index in [1.807, 2.05) is 54.5 Å². The van der Waals surface area contributed by atoms with Crippen LogP contribution >= 0.6 is 0 Å². The molecule has 1 atom stereocenters. The summed E-state index contributed by atoms with van der Waals surface area (Å²) < 4.78 is 2.22. The number of nitrogens with zero attached hydrogens (tertiary/aromatic N) is 3. The summed E-state index contributed by atoms with van der Waals surface area (Å²) in [7, 11) is 0. The molecule has 1 fully saturated rings. The smallest absolute Gasteiger partial charge is 0.253 e. The quantitative estimate of drug-likeness (QED) is 0.698. The maximum atomic E-state index is 12.9. The van der Waals surface area contributed by atoms with Crippen molar-refractivity contribution >= 4 is 5.91 Å². The molecule has 0 saturated carbocycles. The number of hydrogen-bond donors (Lipinski definition) is 0. The zero-order valence-corrected chi connectivity index (χ0v) is 15.7. The lowest BCUT2D eigenvalue weighted by Crippen LogP contribution is -2.39. The number of aromatic nitrogens is 2. The van der Waals surface area contributed by atoms with E-state index in [9.17, 15) is 4.79 Å². The summed E-state index contributed by atoms with van der Waals surface area (Å²) in [5.41, 5.74) is 3.21. The van der Waals surface area contributed by atoms with Crippen LogP contribution in [0, 0.1) is 6.92 Å². The van der Waals surface area contributed by atoms with Crippen LogP contribution in [0.5, 0.6) is 0 Å². The van der Waals surface area contributed by atoms with Crippen molar-refractivity contribution in [2.24, 2.45) is 0 Å². The van der Waals surface area contributed by atoms with Crippen LogP contribution in [0.4, 0.5) is 0 Å². The van der Waals surface area contributed by atoms with Gasteiger partial charge in [-0.15, -0.1) is 0 Å². The van der Waals surface area contributed by atoms with Crippen LogP contribution in [0.25, 0.3) is 0 Å². The van der Waals surface area contributed by atoms with E-state index >= 15 is 0 Å². The Labute approximate surface area is 160 Å². The lowest BCUT2D eigenvalue weighted by Gasteiger charge is -2.33. The zero-order valence-electron chi connectivity index (χ0n) is 15.7. The molecule has 3 aromatic rings. The standard InChI is InChI=1S/C23H25N3O/c1-18-9-11-20(12-10-18)23(27)26-14-5-8-21(17-26)22-24-13-15-25(22)16-19-6-3-2-4-7-19/h2-4,6-7,9-13,15,21H,5,8,14,16-17H2,1H3. The van der Waals surface area contributed by atoms with Crippen LogP contribution < -0.4 is 0 Å². The topological polar surface area (TPSA) is 38.1 Å². The molecule has 1 amide bonds. The number of aryl methyl sites for hydroxylation is 1. The van der Waals surface area contributed by atoms with E-state index in [0.29, 0.717) is 0 Å². The van der Waals surface area contributed by atoms with Gasteiger partial charge in [-0.3, -0.25) is 4.79 Å². The SMILES string of the molecule is Cc1ccc(C(=O)N2CCCC(c3nccn3Cc3ccccc3)C2)cc1. The van der Waals surface area contributed by atoms with Crippen molar-refractivity contribution in [1.29, 1.82) is 0 Å². The third-order valence-electron chi connectivity index (χ3n) is 5.32. The Morgan fingerprint density at radius 2 is 1.89 bits per heavy atom. The molecule has 0 aliphatic carbocycles. The monoisotopic (exact) mass is 359 g/mol. The summed E-state index contributed by atoms with van der Waals surface area (Å²) in [6.07, 6.45) is 6.01. The van der Waals surface area contributed by atoms with Gasteiger partial charge < -0.3 is 9.47 Å². The van der Waals surface area contributed by atoms with Gasteiger partial charge in [0.15, 0.2) is 0 Å². The third-order valence-corrected chi connectivity index (χ3v) is 5.32. The second-order valence-corrected chi connectivity index (χ2v) is 7.36. The summed E-state index contributed by atoms with van der Waals surface area (Å²) in [6, 6.07) is 18.3. The van der Waals surface area contributed by atoms with Gasteiger partial charge in [-0.2, -0.15) is 0 Å². The van der Waals surface area contributed by atoms with E-state index in [2.05, 4.69) is 33.8 Å². The van der Waals surface area contributed by atoms with Gasteiger partial charge >= 0.3 is 0 Å². The number of piperidine rings is 1. The van der Waals surface area contributed by atoms with Crippen LogP contribution in [0.15, 0.2) is 67.0 Å². The highest BCUT2D eigenvalue weighted by atomic mass is 16.2. The molecule has 1 saturated heterocycles. The van der Waals surface area contributed by atoms with Gasteiger partial charge in [-0.1, -0.05) is 48.0 Å². The fraction of sp³-hybridized carbons (Fsp3) is 0.304. The summed E-state index contributed by atoms with van der Waals surface area (Å²) in [5.74, 6) is 1.49. The van der Waals surface area contributed by atoms with Crippen molar-refractivity contribution in [3.05, 3.63) is 89.5 Å². The number of likely N-dealkylation sites (tertiary alicyclic amines) is 1. The molecule has 0 N–H and O–H groups in total. The Bertz CT molecular complexity index is 899. The average Bonchev–Trinajstić information content (AvgIpc) is 3.17. The normalized spacial score (nSPS) is 17.1. The molecule has 2 aromatic carbocycles. The molecule has 4 heteroatoms. The summed E-state index contributed by atoms with van der Waals surface area (Å²) >= 11 is 0. The van der Waals surface area contributed by atoms with E-state index in [0.717, 1.165) is 43.9 Å². The van der Waals surface area contributed by atoms with Crippen molar-refractivity contribution < 1.29 is 4.79 Å². The second-order valence-electron chi connectivity index (χ2n) is 7.36. The molecule has 0 spiro atoms. The first-order chi connectivity index (χ1) is 13.2. The van der Waals surface area contributed by atoms with Crippen LogP contribution in [0.2, 0.25) is 0 Å². The molecule has 27 heavy (non-hydrogen) atoms. The van der Waals surface area contributed by atoms with Crippen LogP contribution in [-0.2, 0) is 6.54 Å². The van der Waals surface area contributed by atoms with Gasteiger partial charge in [-0.05, 0) is 37.5 Å². The van der Waals surface area contributed by atoms with Crippen molar-refractivity contribution in [2.45, 2.75) is 32.2 Å². The van der Waals surface area contributed by atoms with Gasteiger partial charge in [0.25, 0.3) is 5.91 Å². The molecule has 138 valence electrons. The number of carbonyl (C=O) groups is 1. The number of hydrogen-bond acceptors (Lipinski definition) is 2. The third kappa shape index (κ3) is 3.95. The second kappa shape index (κ2) is 7.78. The molecule has 4 nitrogen and oxygen atoms in total. The van der Waals surface area contributed by atoms with Crippen molar-refractivity contribution in [3.63, 3.8) is 0 Å². The molecular formula is C23H25N3O. The molecule has 0 bridgehead atoms. The van der Waals surface area contributed by atoms with E-state index in [1.165, 1.54) is 11.1 Å². The molecule has 0 radical (unpaired) electrons. The first kappa shape index (κ1) is 17.5. The van der Waals surface area contributed by atoms with E-state index < -0.39 is 0 Å². The first-order valence-electron chi connectivity index (χ1n) is 9.61. The molecule has 1 unspecified atom stereocenters. The molecule has 1 aromatic heterocycles. The van der Waals surface area contributed by atoms with E-state index in [-0.39, 0.29) is 11.8 Å². The minimum atomic E-state index is 0.126. The maximum absolute atomic E-state index is 12.9. The average molecular weight is 359 g/mol. The maximum Gasteiger partial charge on any atom is 0.253 e. The van der Waals surface area contributed by atoms with E-state index in [4.69, 9.17) is 0 Å². The Kier molecular flexibility index (Phi) is 5.05. The minimum absolute atomic E-state index is 0.126. The predicted molar refractivity (Wildman–Crippen MR) is 107 cm³/mol. The van der Waals surface area contributed by atoms with Crippen LogP contribution in [0.1, 0.15) is 46.1 Å². The van der Waals surface area contributed by atoms with Gasteiger partial charge in [-0.25, -0.2) is 4.98 Å². The van der Waals surface area contributed by atoms with Crippen molar-refractivity contribution in [3.8, 4) is 0 Å². The summed E-state index contributed by atoms with van der Waals surface area (Å²) in [4.78, 5) is 19.5. The highest BCUT2D eigenvalue weighted by Gasteiger charge is 2.28. The molecule has 2 heterocycles. The Balaban J connectivity index is 1.50. The minimum Gasteiger partial charge on any atom is -0.338 e. The Morgan fingerprint density at radius 3 is 2.67 bits per heavy atom. The fourth-order valence-electron chi connectivity index (χ4n) is 3.85. The Hall–Kier alpha value is -2.88. The lowest BCUT2D eigenvalue weighted by atomic mass is 9.96. The molecule has 4 rings (SSSR count). The number of benzene rings is 2. The number of imidazole rings is 1. The number of amides is 1. The number of carbonyl (C=O) groups excluding carboxylic acids is 1. The summed E-state index contributed by atoms with van der Waals surface area (Å²) in [6.45, 7) is 4.41. The summed E-state index contributed by atoms with van der Waals surface area (Å²) in [5, 5.41) is 0. The number of rotatable bonds is 4. The highest BCUT2D eigenvalue weighted by Crippen LogP contribution is 2.27. The van der Waals surface area contributed by atoms with Crippen molar-refractivity contribution in [2.75, 3.05) is 13.1 Å². The van der Waals surface area contributed by atoms with Gasteiger partial charge in [0, 0.05) is 43.5 Å². The van der Waals surface area contributed by atoms with E-state index in [1.54, 1.807) is 0 Å². The lowest BCUT2D eigenvalue weighted by molar-refractivity contribution is 0.0703. The Morgan fingerprint density at radius 1 is 1.11 bits per heavy atom. The van der Waals surface area contributed by atoms with Crippen LogP contribution in [-0.4, -0.2) is 33.4 Å².